The van der Waals surface area contributed by atoms with Crippen molar-refractivity contribution < 1.29 is 28.6 Å². The topological polar surface area (TPSA) is 78.9 Å². The number of hydrogen-bond acceptors (Lipinski definition) is 6. The second kappa shape index (κ2) is 67.3. The van der Waals surface area contributed by atoms with Crippen molar-refractivity contribution >= 4 is 17.9 Å². The molecule has 0 aliphatic carbocycles. The second-order valence-corrected chi connectivity index (χ2v) is 20.9. The van der Waals surface area contributed by atoms with Gasteiger partial charge in [-0.15, -0.1) is 0 Å². The van der Waals surface area contributed by atoms with Crippen molar-refractivity contribution in [2.45, 2.75) is 271 Å². The molecule has 0 aromatic heterocycles. The lowest BCUT2D eigenvalue weighted by molar-refractivity contribution is -0.167. The highest BCUT2D eigenvalue weighted by atomic mass is 16.6. The molecule has 0 rings (SSSR count). The van der Waals surface area contributed by atoms with E-state index < -0.39 is 6.10 Å². The molecule has 0 amide bonds. The third-order valence-corrected chi connectivity index (χ3v) is 13.2. The van der Waals surface area contributed by atoms with Crippen LogP contribution in [0.2, 0.25) is 0 Å². The maximum absolute atomic E-state index is 12.9. The van der Waals surface area contributed by atoms with Gasteiger partial charge in [-0.3, -0.25) is 14.4 Å². The number of rotatable bonds is 57. The first-order chi connectivity index (χ1) is 40.0. The molecule has 0 N–H and O–H groups in total. The minimum absolute atomic E-state index is 0.102. The van der Waals surface area contributed by atoms with E-state index in [2.05, 4.69) is 191 Å². The Hall–Kier alpha value is -5.23. The smallest absolute Gasteiger partial charge is 0.306 e. The third-order valence-electron chi connectivity index (χ3n) is 13.2. The van der Waals surface area contributed by atoms with Crippen LogP contribution in [0.4, 0.5) is 0 Å². The summed E-state index contributed by atoms with van der Waals surface area (Å²) < 4.78 is 16.8. The van der Waals surface area contributed by atoms with Gasteiger partial charge in [-0.05, 0) is 148 Å². The second-order valence-electron chi connectivity index (χ2n) is 20.9. The summed E-state index contributed by atoms with van der Waals surface area (Å²) in [5.41, 5.74) is 0. The summed E-state index contributed by atoms with van der Waals surface area (Å²) in [4.78, 5) is 38.2. The molecule has 0 heterocycles. The molecule has 0 aromatic carbocycles. The van der Waals surface area contributed by atoms with Crippen molar-refractivity contribution in [3.8, 4) is 0 Å². The van der Waals surface area contributed by atoms with Gasteiger partial charge in [-0.25, -0.2) is 0 Å². The van der Waals surface area contributed by atoms with Gasteiger partial charge in [-0.1, -0.05) is 268 Å². The average molecular weight is 1120 g/mol. The number of carbonyl (C=O) groups excluding carboxylic acids is 3. The molecule has 454 valence electrons. The first-order valence-corrected chi connectivity index (χ1v) is 32.6. The standard InChI is InChI=1S/C75H118O6/c1-4-7-10-13-16-19-22-24-26-28-29-30-31-32-33-34-35-36-37-38-39-40-41-42-43-44-45-47-48-50-53-56-59-62-65-68-74(77)80-71-72(70-79-73(76)67-64-61-58-55-52-21-18-15-12-9-6-3)81-75(78)69-66-63-60-57-54-51-49-46-27-25-23-20-17-14-11-8-5-2/h7-8,10-11,15-20,24-27,29-30,32-33,35-36,38-39,41-42,44-45,49,51,72H,4-6,9,12-14,21-23,28,31,34,37,40,43,46-48,50,52-71H2,1-3H3/b10-7-,11-8-,18-15-,19-16-,20-17-,26-24-,27-25-,30-29-,33-32-,36-35-,39-38-,42-41-,45-44-,51-49-. The average Bonchev–Trinajstić information content (AvgIpc) is 3.47. The monoisotopic (exact) mass is 1110 g/mol. The van der Waals surface area contributed by atoms with Crippen molar-refractivity contribution in [1.29, 1.82) is 0 Å². The molecule has 1 atom stereocenters. The Labute approximate surface area is 498 Å². The number of ether oxygens (including phenoxy) is 3. The quantitative estimate of drug-likeness (QED) is 0.0261. The Morgan fingerprint density at radius 1 is 0.259 bits per heavy atom. The van der Waals surface area contributed by atoms with E-state index in [0.717, 1.165) is 173 Å². The summed E-state index contributed by atoms with van der Waals surface area (Å²) in [6.07, 6.45) is 99.4. The van der Waals surface area contributed by atoms with Crippen LogP contribution in [0.3, 0.4) is 0 Å². The van der Waals surface area contributed by atoms with Gasteiger partial charge < -0.3 is 14.2 Å². The maximum atomic E-state index is 12.9. The zero-order valence-corrected chi connectivity index (χ0v) is 52.0. The molecular weight excluding hydrogens is 997 g/mol. The number of carbonyl (C=O) groups is 3. The van der Waals surface area contributed by atoms with Gasteiger partial charge in [0.25, 0.3) is 0 Å². The number of hydrogen-bond donors (Lipinski definition) is 0. The van der Waals surface area contributed by atoms with Gasteiger partial charge in [-0.2, -0.15) is 0 Å². The Morgan fingerprint density at radius 2 is 0.481 bits per heavy atom. The first-order valence-electron chi connectivity index (χ1n) is 32.6. The van der Waals surface area contributed by atoms with Crippen LogP contribution in [0.25, 0.3) is 0 Å². The molecular formula is C75H118O6. The molecule has 0 fully saturated rings. The van der Waals surface area contributed by atoms with Gasteiger partial charge in [0.15, 0.2) is 6.10 Å². The number of esters is 3. The highest BCUT2D eigenvalue weighted by molar-refractivity contribution is 5.71. The molecule has 81 heavy (non-hydrogen) atoms. The van der Waals surface area contributed by atoms with Crippen LogP contribution in [-0.2, 0) is 28.6 Å². The Bertz CT molecular complexity index is 1860. The molecule has 0 aliphatic rings. The van der Waals surface area contributed by atoms with Crippen molar-refractivity contribution in [2.24, 2.45) is 0 Å². The predicted octanol–water partition coefficient (Wildman–Crippen LogP) is 22.7. The Balaban J connectivity index is 4.30. The van der Waals surface area contributed by atoms with Gasteiger partial charge in [0.1, 0.15) is 13.2 Å². The van der Waals surface area contributed by atoms with Gasteiger partial charge in [0.2, 0.25) is 0 Å². The van der Waals surface area contributed by atoms with E-state index in [1.54, 1.807) is 0 Å². The highest BCUT2D eigenvalue weighted by Gasteiger charge is 2.19. The SMILES string of the molecule is CC/C=C\C/C=C\C/C=C\C/C=C\C/C=C\C/C=C\C/C=C\C/C=C\C/C=C\CCCCCCCCCC(=O)OCC(COC(=O)CCCCCCC/C=C\CCCC)OC(=O)CCCCCC/C=C\C/C=C\C/C=C\C/C=C\CC. The van der Waals surface area contributed by atoms with Crippen molar-refractivity contribution in [3.63, 3.8) is 0 Å². The lowest BCUT2D eigenvalue weighted by Gasteiger charge is -2.18. The van der Waals surface area contributed by atoms with Gasteiger partial charge in [0, 0.05) is 19.3 Å². The summed E-state index contributed by atoms with van der Waals surface area (Å²) in [6.45, 7) is 6.33. The van der Waals surface area contributed by atoms with Crippen LogP contribution < -0.4 is 0 Å². The highest BCUT2D eigenvalue weighted by Crippen LogP contribution is 2.14. The molecule has 1 unspecified atom stereocenters. The largest absolute Gasteiger partial charge is 0.462 e. The molecule has 0 aliphatic heterocycles. The zero-order valence-electron chi connectivity index (χ0n) is 52.0. The fourth-order valence-corrected chi connectivity index (χ4v) is 8.35. The molecule has 6 nitrogen and oxygen atoms in total. The van der Waals surface area contributed by atoms with Crippen molar-refractivity contribution in [1.82, 2.24) is 0 Å². The van der Waals surface area contributed by atoms with E-state index in [1.807, 2.05) is 0 Å². The van der Waals surface area contributed by atoms with Gasteiger partial charge in [0.05, 0.1) is 0 Å². The summed E-state index contributed by atoms with van der Waals surface area (Å²) in [5.74, 6) is -0.952. The van der Waals surface area contributed by atoms with Crippen molar-refractivity contribution in [3.05, 3.63) is 170 Å². The number of unbranched alkanes of at least 4 members (excludes halogenated alkanes) is 18. The van der Waals surface area contributed by atoms with Gasteiger partial charge >= 0.3 is 17.9 Å². The van der Waals surface area contributed by atoms with E-state index in [-0.39, 0.29) is 37.5 Å². The Kier molecular flexibility index (Phi) is 62.9. The minimum atomic E-state index is -0.807. The number of allylic oxidation sites excluding steroid dienone is 28. The predicted molar refractivity (Wildman–Crippen MR) is 352 cm³/mol. The molecule has 0 saturated heterocycles. The summed E-state index contributed by atoms with van der Waals surface area (Å²) in [7, 11) is 0. The molecule has 6 heteroatoms. The fourth-order valence-electron chi connectivity index (χ4n) is 8.35. The van der Waals surface area contributed by atoms with Crippen LogP contribution in [0, 0.1) is 0 Å². The normalized spacial score (nSPS) is 13.3. The summed E-state index contributed by atoms with van der Waals surface area (Å²) >= 11 is 0. The lowest BCUT2D eigenvalue weighted by atomic mass is 10.1. The molecule has 0 aromatic rings. The van der Waals surface area contributed by atoms with E-state index in [0.29, 0.717) is 12.8 Å². The Morgan fingerprint density at radius 3 is 0.765 bits per heavy atom. The molecule has 0 spiro atoms. The summed E-state index contributed by atoms with van der Waals surface area (Å²) in [6, 6.07) is 0. The van der Waals surface area contributed by atoms with Crippen LogP contribution >= 0.6 is 0 Å². The van der Waals surface area contributed by atoms with E-state index >= 15 is 0 Å². The third kappa shape index (κ3) is 65.5. The summed E-state index contributed by atoms with van der Waals surface area (Å²) in [5, 5.41) is 0. The van der Waals surface area contributed by atoms with E-state index in [9.17, 15) is 14.4 Å². The first kappa shape index (κ1) is 75.8. The zero-order chi connectivity index (χ0) is 58.5. The molecule has 0 saturated carbocycles. The van der Waals surface area contributed by atoms with E-state index in [1.165, 1.54) is 51.4 Å². The lowest BCUT2D eigenvalue weighted by Crippen LogP contribution is -2.30. The maximum Gasteiger partial charge on any atom is 0.306 e. The molecule has 0 radical (unpaired) electrons. The van der Waals surface area contributed by atoms with Crippen LogP contribution in [-0.4, -0.2) is 37.2 Å². The van der Waals surface area contributed by atoms with Crippen molar-refractivity contribution in [2.75, 3.05) is 13.2 Å². The van der Waals surface area contributed by atoms with Crippen LogP contribution in [0.15, 0.2) is 170 Å². The molecule has 0 bridgehead atoms. The van der Waals surface area contributed by atoms with Crippen LogP contribution in [0.5, 0.6) is 0 Å². The minimum Gasteiger partial charge on any atom is -0.462 e. The van der Waals surface area contributed by atoms with Crippen LogP contribution in [0.1, 0.15) is 265 Å². The van der Waals surface area contributed by atoms with E-state index in [4.69, 9.17) is 14.2 Å². The fraction of sp³-hybridized carbons (Fsp3) is 0.587.